The summed E-state index contributed by atoms with van der Waals surface area (Å²) in [5.41, 5.74) is 1.42. The highest BCUT2D eigenvalue weighted by Crippen LogP contribution is 2.35. The lowest BCUT2D eigenvalue weighted by Crippen LogP contribution is -2.44. The SMILES string of the molecule is CC(C)(COc1ccc2c(c1)OCO2)C(=O)NN. The van der Waals surface area contributed by atoms with E-state index < -0.39 is 5.41 Å². The zero-order chi connectivity index (χ0) is 13.2. The van der Waals surface area contributed by atoms with Crippen molar-refractivity contribution in [2.75, 3.05) is 13.4 Å². The van der Waals surface area contributed by atoms with Crippen molar-refractivity contribution in [3.05, 3.63) is 18.2 Å². The number of rotatable bonds is 4. The number of carbonyl (C=O) groups excluding carboxylic acids is 1. The second-order valence-electron chi connectivity index (χ2n) is 4.66. The smallest absolute Gasteiger partial charge is 0.242 e. The lowest BCUT2D eigenvalue weighted by atomic mass is 9.94. The summed E-state index contributed by atoms with van der Waals surface area (Å²) in [6.07, 6.45) is 0. The molecule has 6 heteroatoms. The third-order valence-corrected chi connectivity index (χ3v) is 2.69. The number of ether oxygens (including phenoxy) is 3. The van der Waals surface area contributed by atoms with E-state index in [4.69, 9.17) is 20.1 Å². The topological polar surface area (TPSA) is 82.8 Å². The molecule has 0 saturated heterocycles. The van der Waals surface area contributed by atoms with E-state index in [0.29, 0.717) is 17.2 Å². The molecule has 6 nitrogen and oxygen atoms in total. The van der Waals surface area contributed by atoms with Crippen LogP contribution in [0, 0.1) is 5.41 Å². The van der Waals surface area contributed by atoms with Gasteiger partial charge in [0.25, 0.3) is 0 Å². The van der Waals surface area contributed by atoms with Gasteiger partial charge in [0.2, 0.25) is 12.7 Å². The highest BCUT2D eigenvalue weighted by Gasteiger charge is 2.28. The van der Waals surface area contributed by atoms with Crippen LogP contribution in [0.1, 0.15) is 13.8 Å². The monoisotopic (exact) mass is 252 g/mol. The molecule has 0 aliphatic carbocycles. The van der Waals surface area contributed by atoms with Gasteiger partial charge in [-0.05, 0) is 26.0 Å². The Bertz CT molecular complexity index is 459. The standard InChI is InChI=1S/C12H16N2O4/c1-12(2,11(15)14-13)6-16-8-3-4-9-10(5-8)18-7-17-9/h3-5H,6-7,13H2,1-2H3,(H,14,15). The van der Waals surface area contributed by atoms with Crippen LogP contribution in [0.4, 0.5) is 0 Å². The largest absolute Gasteiger partial charge is 0.492 e. The van der Waals surface area contributed by atoms with Gasteiger partial charge in [-0.2, -0.15) is 0 Å². The molecule has 0 bridgehead atoms. The first-order chi connectivity index (χ1) is 8.53. The van der Waals surface area contributed by atoms with E-state index in [-0.39, 0.29) is 19.3 Å². The van der Waals surface area contributed by atoms with E-state index >= 15 is 0 Å². The van der Waals surface area contributed by atoms with Gasteiger partial charge in [-0.3, -0.25) is 10.2 Å². The van der Waals surface area contributed by atoms with Gasteiger partial charge in [0.1, 0.15) is 12.4 Å². The molecule has 1 aromatic rings. The molecule has 0 atom stereocenters. The molecule has 0 aromatic heterocycles. The van der Waals surface area contributed by atoms with Crippen LogP contribution in [0.25, 0.3) is 0 Å². The van der Waals surface area contributed by atoms with Crippen molar-refractivity contribution in [3.8, 4) is 17.2 Å². The Balaban J connectivity index is 2.00. The Morgan fingerprint density at radius 2 is 2.17 bits per heavy atom. The van der Waals surface area contributed by atoms with E-state index in [1.807, 2.05) is 0 Å². The fraction of sp³-hybridized carbons (Fsp3) is 0.417. The Hall–Kier alpha value is -1.95. The Morgan fingerprint density at radius 1 is 1.44 bits per heavy atom. The zero-order valence-corrected chi connectivity index (χ0v) is 10.4. The molecule has 1 aromatic carbocycles. The van der Waals surface area contributed by atoms with Crippen LogP contribution >= 0.6 is 0 Å². The molecule has 1 heterocycles. The van der Waals surface area contributed by atoms with Crippen LogP contribution in [-0.2, 0) is 4.79 Å². The quantitative estimate of drug-likeness (QED) is 0.470. The molecule has 1 aliphatic heterocycles. The van der Waals surface area contributed by atoms with Crippen LogP contribution in [0.5, 0.6) is 17.2 Å². The molecule has 3 N–H and O–H groups in total. The fourth-order valence-corrected chi connectivity index (χ4v) is 1.49. The van der Waals surface area contributed by atoms with Gasteiger partial charge in [0.15, 0.2) is 11.5 Å². The van der Waals surface area contributed by atoms with Gasteiger partial charge in [-0.25, -0.2) is 5.84 Å². The van der Waals surface area contributed by atoms with E-state index in [1.54, 1.807) is 32.0 Å². The van der Waals surface area contributed by atoms with E-state index in [1.165, 1.54) is 0 Å². The third-order valence-electron chi connectivity index (χ3n) is 2.69. The minimum atomic E-state index is -0.703. The first-order valence-corrected chi connectivity index (χ1v) is 5.56. The molecule has 0 radical (unpaired) electrons. The van der Waals surface area contributed by atoms with Crippen LogP contribution < -0.4 is 25.5 Å². The summed E-state index contributed by atoms with van der Waals surface area (Å²) in [6.45, 7) is 3.94. The predicted molar refractivity (Wildman–Crippen MR) is 64.2 cm³/mol. The zero-order valence-electron chi connectivity index (χ0n) is 10.4. The number of nitrogens with two attached hydrogens (primary N) is 1. The highest BCUT2D eigenvalue weighted by molar-refractivity contribution is 5.81. The van der Waals surface area contributed by atoms with Crippen LogP contribution in [-0.4, -0.2) is 19.3 Å². The summed E-state index contributed by atoms with van der Waals surface area (Å²) in [5, 5.41) is 0. The predicted octanol–water partition coefficient (Wildman–Crippen LogP) is 0.810. The first kappa shape index (κ1) is 12.5. The summed E-state index contributed by atoms with van der Waals surface area (Å²) in [4.78, 5) is 11.5. The summed E-state index contributed by atoms with van der Waals surface area (Å²) < 4.78 is 16.0. The van der Waals surface area contributed by atoms with Gasteiger partial charge in [-0.15, -0.1) is 0 Å². The van der Waals surface area contributed by atoms with E-state index in [0.717, 1.165) is 0 Å². The fourth-order valence-electron chi connectivity index (χ4n) is 1.49. The average Bonchev–Trinajstić information content (AvgIpc) is 2.82. The molecule has 98 valence electrons. The number of nitrogens with one attached hydrogen (secondary N) is 1. The van der Waals surface area contributed by atoms with Crippen LogP contribution in [0.3, 0.4) is 0 Å². The minimum absolute atomic E-state index is 0.218. The van der Waals surface area contributed by atoms with Crippen molar-refractivity contribution >= 4 is 5.91 Å². The molecular weight excluding hydrogens is 236 g/mol. The Labute approximate surface area is 105 Å². The first-order valence-electron chi connectivity index (χ1n) is 5.56. The molecule has 0 spiro atoms. The van der Waals surface area contributed by atoms with Crippen molar-refractivity contribution in [2.24, 2.45) is 11.3 Å². The summed E-state index contributed by atoms with van der Waals surface area (Å²) >= 11 is 0. The third kappa shape index (κ3) is 2.48. The number of hydrogen-bond donors (Lipinski definition) is 2. The van der Waals surface area contributed by atoms with Crippen molar-refractivity contribution < 1.29 is 19.0 Å². The number of fused-ring (bicyclic) bond motifs is 1. The Morgan fingerprint density at radius 3 is 2.89 bits per heavy atom. The maximum atomic E-state index is 11.5. The van der Waals surface area contributed by atoms with Gasteiger partial charge < -0.3 is 14.2 Å². The number of carbonyl (C=O) groups is 1. The van der Waals surface area contributed by atoms with Crippen molar-refractivity contribution in [2.45, 2.75) is 13.8 Å². The normalized spacial score (nSPS) is 13.3. The molecule has 0 fully saturated rings. The number of amides is 1. The van der Waals surface area contributed by atoms with E-state index in [9.17, 15) is 4.79 Å². The second-order valence-corrected chi connectivity index (χ2v) is 4.66. The van der Waals surface area contributed by atoms with Gasteiger partial charge in [0, 0.05) is 6.07 Å². The molecule has 0 saturated carbocycles. The molecule has 1 aliphatic rings. The number of hydrogen-bond acceptors (Lipinski definition) is 5. The number of benzene rings is 1. The molecule has 1 amide bonds. The molecular formula is C12H16N2O4. The molecule has 0 unspecified atom stereocenters. The lowest BCUT2D eigenvalue weighted by molar-refractivity contribution is -0.130. The van der Waals surface area contributed by atoms with E-state index in [2.05, 4.69) is 5.43 Å². The van der Waals surface area contributed by atoms with Crippen LogP contribution in [0.15, 0.2) is 18.2 Å². The van der Waals surface area contributed by atoms with Crippen molar-refractivity contribution in [1.82, 2.24) is 5.43 Å². The molecule has 18 heavy (non-hydrogen) atoms. The average molecular weight is 252 g/mol. The van der Waals surface area contributed by atoms with Gasteiger partial charge >= 0.3 is 0 Å². The van der Waals surface area contributed by atoms with Crippen molar-refractivity contribution in [3.63, 3.8) is 0 Å². The maximum absolute atomic E-state index is 11.5. The van der Waals surface area contributed by atoms with Crippen molar-refractivity contribution in [1.29, 1.82) is 0 Å². The summed E-state index contributed by atoms with van der Waals surface area (Å²) in [7, 11) is 0. The van der Waals surface area contributed by atoms with Crippen LogP contribution in [0.2, 0.25) is 0 Å². The Kier molecular flexibility index (Phi) is 3.29. The summed E-state index contributed by atoms with van der Waals surface area (Å²) in [6, 6.07) is 5.27. The second kappa shape index (κ2) is 4.73. The maximum Gasteiger partial charge on any atom is 0.242 e. The lowest BCUT2D eigenvalue weighted by Gasteiger charge is -2.22. The minimum Gasteiger partial charge on any atom is -0.492 e. The highest BCUT2D eigenvalue weighted by atomic mass is 16.7. The molecule has 2 rings (SSSR count). The van der Waals surface area contributed by atoms with Gasteiger partial charge in [-0.1, -0.05) is 0 Å². The van der Waals surface area contributed by atoms with Gasteiger partial charge in [0.05, 0.1) is 5.41 Å². The number of hydrazine groups is 1. The summed E-state index contributed by atoms with van der Waals surface area (Å²) in [5.74, 6) is 6.80.